The molecule has 20 heteroatoms. The van der Waals surface area contributed by atoms with E-state index in [0.717, 1.165) is 6.21 Å². The van der Waals surface area contributed by atoms with Crippen molar-refractivity contribution >= 4 is 47.1 Å². The van der Waals surface area contributed by atoms with Gasteiger partial charge in [0.15, 0.2) is 11.5 Å². The molecule has 1 aliphatic heterocycles. The Morgan fingerprint density at radius 3 is 2.28 bits per heavy atom. The van der Waals surface area contributed by atoms with E-state index < -0.39 is 53.5 Å². The van der Waals surface area contributed by atoms with E-state index in [-0.39, 0.29) is 11.5 Å². The molecule has 0 aromatic carbocycles. The average Bonchev–Trinajstić information content (AvgIpc) is 2.48. The van der Waals surface area contributed by atoms with Crippen molar-refractivity contribution in [2.75, 3.05) is 11.1 Å². The molecule has 0 amide bonds. The molecule has 0 aliphatic carbocycles. The monoisotopic (exact) mass is 479 g/mol. The van der Waals surface area contributed by atoms with Gasteiger partial charge in [0, 0.05) is 6.21 Å². The molecule has 164 valence electrons. The Labute approximate surface area is 161 Å². The Morgan fingerprint density at radius 1 is 1.10 bits per heavy atom. The third-order valence-corrected chi connectivity index (χ3v) is 6.75. The highest BCUT2D eigenvalue weighted by molar-refractivity contribution is 7.66. The number of nitrogen functional groups attached to an aromatic ring is 1. The Hall–Kier alpha value is -1.48. The molecule has 1 aliphatic rings. The van der Waals surface area contributed by atoms with Crippen LogP contribution in [0.2, 0.25) is 0 Å². The lowest BCUT2D eigenvalue weighted by Crippen LogP contribution is -2.43. The average molecular weight is 479 g/mol. The molecule has 0 saturated heterocycles. The van der Waals surface area contributed by atoms with Gasteiger partial charge in [0.1, 0.15) is 6.10 Å². The summed E-state index contributed by atoms with van der Waals surface area (Å²) in [5, 5.41) is 21.9. The van der Waals surface area contributed by atoms with Crippen molar-refractivity contribution in [2.45, 2.75) is 25.2 Å². The second kappa shape index (κ2) is 8.34. The summed E-state index contributed by atoms with van der Waals surface area (Å²) in [4.78, 5) is 46.8. The molecular weight excluding hydrogens is 463 g/mol. The fourth-order valence-electron chi connectivity index (χ4n) is 1.96. The lowest BCUT2D eigenvalue weighted by molar-refractivity contribution is 0.0313. The first-order valence-electron chi connectivity index (χ1n) is 7.26. The zero-order chi connectivity index (χ0) is 22.2. The van der Waals surface area contributed by atoms with Gasteiger partial charge in [-0.05, 0) is 6.92 Å². The number of phosphoric ester groups is 1. The molecule has 9 N–H and O–H groups in total. The van der Waals surface area contributed by atoms with Crippen LogP contribution in [0.3, 0.4) is 0 Å². The van der Waals surface area contributed by atoms with Gasteiger partial charge in [0.25, 0.3) is 5.88 Å². The maximum Gasteiger partial charge on any atom is 0.537 e. The normalized spacial score (nSPS) is 22.5. The second-order valence-electron chi connectivity index (χ2n) is 5.45. The number of aliphatic imine (C=N–C) groups is 1. The molecule has 0 bridgehead atoms. The molecule has 17 nitrogen and oxygen atoms in total. The molecule has 1 aromatic heterocycles. The van der Waals surface area contributed by atoms with Crippen LogP contribution in [0.5, 0.6) is 5.88 Å². The fraction of sp³-hybridized carbons (Fsp3) is 0.444. The number of nitrogens with one attached hydrogen (secondary N) is 1. The molecule has 2 heterocycles. The largest absolute Gasteiger partial charge is 0.537 e. The number of hydrogen-bond donors (Lipinski definition) is 8. The number of hydrogen-bond acceptors (Lipinski definition) is 13. The van der Waals surface area contributed by atoms with Crippen molar-refractivity contribution in [3.8, 4) is 5.88 Å². The number of anilines is 2. The lowest BCUT2D eigenvalue weighted by Gasteiger charge is -2.27. The van der Waals surface area contributed by atoms with Crippen molar-refractivity contribution in [3.05, 3.63) is 0 Å². The standard InChI is InChI=1S/C9H16N5O12P3/c1-3(15)6(16)4-2-11-5-7(12-4)13-9(10)14-8(5)24-28(20,21)26-29(22,23)25-27(17,18)19/h2-4,6,15-16H,1H3,(H,20,21)(H,22,23)(H2,17,18,19)(H3,10,12,13,14). The van der Waals surface area contributed by atoms with Gasteiger partial charge in [-0.15, -0.1) is 0 Å². The third-order valence-electron chi connectivity index (χ3n) is 3.02. The van der Waals surface area contributed by atoms with Gasteiger partial charge in [0.05, 0.1) is 12.1 Å². The highest BCUT2D eigenvalue weighted by Gasteiger charge is 2.42. The van der Waals surface area contributed by atoms with Crippen LogP contribution in [0.1, 0.15) is 6.92 Å². The van der Waals surface area contributed by atoms with Crippen molar-refractivity contribution < 1.29 is 56.6 Å². The summed E-state index contributed by atoms with van der Waals surface area (Å²) in [6.45, 7) is 1.31. The Morgan fingerprint density at radius 2 is 1.72 bits per heavy atom. The first-order chi connectivity index (χ1) is 13.1. The Bertz CT molecular complexity index is 949. The van der Waals surface area contributed by atoms with Gasteiger partial charge in [-0.25, -0.2) is 18.7 Å². The molecule has 0 fully saturated rings. The van der Waals surface area contributed by atoms with Gasteiger partial charge in [-0.3, -0.25) is 4.89 Å². The number of aromatic nitrogens is 2. The van der Waals surface area contributed by atoms with Crippen LogP contribution in [0.25, 0.3) is 0 Å². The molecule has 2 rings (SSSR count). The minimum atomic E-state index is -5.74. The van der Waals surface area contributed by atoms with Crippen LogP contribution in [0.15, 0.2) is 4.99 Å². The molecule has 0 radical (unpaired) electrons. The van der Waals surface area contributed by atoms with E-state index in [4.69, 9.17) is 20.4 Å². The van der Waals surface area contributed by atoms with Crippen molar-refractivity contribution in [3.63, 3.8) is 0 Å². The van der Waals surface area contributed by atoms with Crippen molar-refractivity contribution in [2.24, 2.45) is 4.99 Å². The van der Waals surface area contributed by atoms with E-state index >= 15 is 0 Å². The zero-order valence-corrected chi connectivity index (χ0v) is 16.9. The summed E-state index contributed by atoms with van der Waals surface area (Å²) in [7, 11) is -16.9. The number of aliphatic hydroxyl groups is 2. The maximum atomic E-state index is 11.9. The molecule has 5 atom stereocenters. The van der Waals surface area contributed by atoms with Gasteiger partial charge in [-0.1, -0.05) is 0 Å². The van der Waals surface area contributed by atoms with E-state index in [2.05, 4.69) is 33.4 Å². The predicted octanol–water partition coefficient (Wildman–Crippen LogP) is -0.998. The van der Waals surface area contributed by atoms with E-state index in [1.165, 1.54) is 6.92 Å². The summed E-state index contributed by atoms with van der Waals surface area (Å²) in [5.41, 5.74) is 5.11. The maximum absolute atomic E-state index is 11.9. The van der Waals surface area contributed by atoms with E-state index in [0.29, 0.717) is 0 Å². The van der Waals surface area contributed by atoms with E-state index in [1.54, 1.807) is 0 Å². The van der Waals surface area contributed by atoms with Crippen molar-refractivity contribution in [1.82, 2.24) is 9.97 Å². The first-order valence-corrected chi connectivity index (χ1v) is 11.8. The topological polar surface area (TPSA) is 276 Å². The number of nitrogens with zero attached hydrogens (tertiary/aromatic N) is 3. The molecule has 0 spiro atoms. The summed E-state index contributed by atoms with van der Waals surface area (Å²) >= 11 is 0. The molecule has 0 saturated carbocycles. The summed E-state index contributed by atoms with van der Waals surface area (Å²) in [6.07, 6.45) is -1.39. The highest BCUT2D eigenvalue weighted by Crippen LogP contribution is 2.66. The number of rotatable bonds is 8. The summed E-state index contributed by atoms with van der Waals surface area (Å²) in [5.74, 6) is -1.53. The lowest BCUT2D eigenvalue weighted by atomic mass is 10.1. The van der Waals surface area contributed by atoms with Crippen LogP contribution < -0.4 is 15.6 Å². The third kappa shape index (κ3) is 6.77. The Kier molecular flexibility index (Phi) is 6.84. The molecule has 5 unspecified atom stereocenters. The second-order valence-corrected chi connectivity index (χ2v) is 9.79. The van der Waals surface area contributed by atoms with Crippen LogP contribution in [-0.4, -0.2) is 64.2 Å². The Balaban J connectivity index is 2.28. The van der Waals surface area contributed by atoms with Crippen LogP contribution >= 0.6 is 23.5 Å². The van der Waals surface area contributed by atoms with E-state index in [1.807, 2.05) is 0 Å². The fourth-order valence-corrected chi connectivity index (χ4v) is 4.95. The number of aliphatic hydroxyl groups excluding tert-OH is 2. The smallest absolute Gasteiger partial charge is 0.391 e. The number of phosphoric acid groups is 3. The van der Waals surface area contributed by atoms with Gasteiger partial charge in [-0.2, -0.15) is 18.6 Å². The molecule has 29 heavy (non-hydrogen) atoms. The van der Waals surface area contributed by atoms with Gasteiger partial charge >= 0.3 is 23.5 Å². The molecular formula is C9H16N5O12P3. The quantitative estimate of drug-likeness (QED) is 0.208. The number of fused-ring (bicyclic) bond motifs is 1. The highest BCUT2D eigenvalue weighted by atomic mass is 31.3. The van der Waals surface area contributed by atoms with Crippen LogP contribution in [-0.2, 0) is 22.3 Å². The minimum Gasteiger partial charge on any atom is -0.391 e. The van der Waals surface area contributed by atoms with Gasteiger partial charge in [0.2, 0.25) is 5.95 Å². The predicted molar refractivity (Wildman–Crippen MR) is 94.2 cm³/mol. The molecule has 1 aromatic rings. The zero-order valence-electron chi connectivity index (χ0n) is 14.2. The van der Waals surface area contributed by atoms with E-state index in [9.17, 15) is 28.8 Å². The van der Waals surface area contributed by atoms with Crippen molar-refractivity contribution in [1.29, 1.82) is 0 Å². The van der Waals surface area contributed by atoms with Gasteiger partial charge < -0.3 is 40.5 Å². The first kappa shape index (κ1) is 23.8. The number of nitrogens with two attached hydrogens (primary N) is 1. The minimum absolute atomic E-state index is 0.196. The summed E-state index contributed by atoms with van der Waals surface area (Å²) in [6, 6.07) is -0.934. The van der Waals surface area contributed by atoms with Crippen LogP contribution in [0.4, 0.5) is 17.5 Å². The SMILES string of the molecule is CC(O)C(O)C1C=Nc2c(nc(N)nc2OP(=O)(O)OP(=O)(O)OP(=O)(O)O)N1. The summed E-state index contributed by atoms with van der Waals surface area (Å²) < 4.78 is 45.6. The van der Waals surface area contributed by atoms with Crippen LogP contribution in [0, 0.1) is 0 Å².